The highest BCUT2D eigenvalue weighted by Crippen LogP contribution is 2.30. The summed E-state index contributed by atoms with van der Waals surface area (Å²) in [7, 11) is 1.32. The number of amides is 1. The number of carbonyl (C=O) groups is 1. The number of halogens is 2. The molecule has 0 saturated heterocycles. The first-order valence-corrected chi connectivity index (χ1v) is 5.92. The number of methoxy groups -OCH3 is 1. The molecule has 0 aliphatic carbocycles. The summed E-state index contributed by atoms with van der Waals surface area (Å²) in [6.07, 6.45) is 2.74. The van der Waals surface area contributed by atoms with Crippen molar-refractivity contribution in [2.75, 3.05) is 18.7 Å². The van der Waals surface area contributed by atoms with Crippen LogP contribution in [0.15, 0.2) is 29.0 Å². The lowest BCUT2D eigenvalue weighted by Gasteiger charge is -2.27. The molecule has 0 N–H and O–H groups in total. The summed E-state index contributed by atoms with van der Waals surface area (Å²) in [6, 6.07) is 3.44. The Kier molecular flexibility index (Phi) is 3.54. The second-order valence-corrected chi connectivity index (χ2v) is 4.68. The van der Waals surface area contributed by atoms with Crippen molar-refractivity contribution in [3.05, 3.63) is 34.0 Å². The third kappa shape index (κ3) is 2.37. The Labute approximate surface area is 112 Å². The molecule has 1 aromatic rings. The lowest BCUT2D eigenvalue weighted by molar-refractivity contribution is 0.139. The van der Waals surface area contributed by atoms with Crippen LogP contribution in [0.25, 0.3) is 0 Å². The van der Waals surface area contributed by atoms with Gasteiger partial charge in [-0.3, -0.25) is 5.01 Å². The van der Waals surface area contributed by atoms with E-state index in [0.29, 0.717) is 17.4 Å². The van der Waals surface area contributed by atoms with Gasteiger partial charge >= 0.3 is 6.09 Å². The number of anilines is 1. The third-order valence-corrected chi connectivity index (χ3v) is 2.92. The Morgan fingerprint density at radius 2 is 2.41 bits per heavy atom. The molecule has 1 amide bonds. The van der Waals surface area contributed by atoms with Crippen LogP contribution in [0.5, 0.6) is 0 Å². The summed E-state index contributed by atoms with van der Waals surface area (Å²) in [4.78, 5) is 15.7. The molecule has 17 heavy (non-hydrogen) atoms. The number of ether oxygens (including phenoxy) is 1. The van der Waals surface area contributed by atoms with E-state index < -0.39 is 6.09 Å². The Morgan fingerprint density at radius 3 is 3.06 bits per heavy atom. The van der Waals surface area contributed by atoms with Crippen molar-refractivity contribution in [1.82, 2.24) is 9.99 Å². The SMILES string of the molecule is COC(=O)N1C=C(Br)CN1c1ncccc1Cl. The van der Waals surface area contributed by atoms with Gasteiger partial charge in [-0.25, -0.2) is 9.78 Å². The van der Waals surface area contributed by atoms with Crippen LogP contribution >= 0.6 is 27.5 Å². The van der Waals surface area contributed by atoms with Crippen LogP contribution < -0.4 is 5.01 Å². The molecule has 1 aromatic heterocycles. The number of aromatic nitrogens is 1. The Bertz CT molecular complexity index is 480. The monoisotopic (exact) mass is 317 g/mol. The molecule has 2 heterocycles. The zero-order chi connectivity index (χ0) is 12.4. The van der Waals surface area contributed by atoms with E-state index in [2.05, 4.69) is 25.7 Å². The van der Waals surface area contributed by atoms with Crippen LogP contribution in [0.2, 0.25) is 5.02 Å². The molecule has 0 bridgehead atoms. The average molecular weight is 319 g/mol. The molecule has 0 aromatic carbocycles. The Balaban J connectivity index is 2.33. The van der Waals surface area contributed by atoms with E-state index >= 15 is 0 Å². The van der Waals surface area contributed by atoms with Crippen LogP contribution in [0, 0.1) is 0 Å². The number of hydrazine groups is 1. The molecule has 0 fully saturated rings. The molecule has 1 aliphatic heterocycles. The van der Waals surface area contributed by atoms with E-state index in [1.54, 1.807) is 29.5 Å². The first kappa shape index (κ1) is 12.2. The maximum atomic E-state index is 11.6. The predicted octanol–water partition coefficient (Wildman–Crippen LogP) is 2.77. The van der Waals surface area contributed by atoms with Crippen molar-refractivity contribution >= 4 is 39.4 Å². The molecule has 0 unspecified atom stereocenters. The van der Waals surface area contributed by atoms with Crippen molar-refractivity contribution in [2.24, 2.45) is 0 Å². The molecule has 5 nitrogen and oxygen atoms in total. The number of hydrogen-bond donors (Lipinski definition) is 0. The van der Waals surface area contributed by atoms with Gasteiger partial charge in [-0.1, -0.05) is 27.5 Å². The van der Waals surface area contributed by atoms with Crippen molar-refractivity contribution in [3.8, 4) is 0 Å². The fourth-order valence-corrected chi connectivity index (χ4v) is 2.10. The average Bonchev–Trinajstić information content (AvgIpc) is 2.71. The lowest BCUT2D eigenvalue weighted by Crippen LogP contribution is -2.40. The Morgan fingerprint density at radius 1 is 1.65 bits per heavy atom. The van der Waals surface area contributed by atoms with Gasteiger partial charge in [-0.05, 0) is 12.1 Å². The fraction of sp³-hybridized carbons (Fsp3) is 0.200. The van der Waals surface area contributed by atoms with E-state index in [0.717, 1.165) is 4.48 Å². The maximum Gasteiger partial charge on any atom is 0.432 e. The quantitative estimate of drug-likeness (QED) is 0.799. The van der Waals surface area contributed by atoms with Gasteiger partial charge in [0.1, 0.15) is 0 Å². The van der Waals surface area contributed by atoms with Crippen LogP contribution in [0.1, 0.15) is 0 Å². The van der Waals surface area contributed by atoms with Gasteiger partial charge in [0, 0.05) is 16.9 Å². The van der Waals surface area contributed by atoms with E-state index in [4.69, 9.17) is 11.6 Å². The second-order valence-electron chi connectivity index (χ2n) is 3.26. The molecule has 0 saturated carbocycles. The van der Waals surface area contributed by atoms with Gasteiger partial charge in [0.15, 0.2) is 5.82 Å². The molecule has 0 atom stereocenters. The van der Waals surface area contributed by atoms with E-state index in [9.17, 15) is 4.79 Å². The highest BCUT2D eigenvalue weighted by atomic mass is 79.9. The van der Waals surface area contributed by atoms with E-state index in [1.165, 1.54) is 12.1 Å². The van der Waals surface area contributed by atoms with Crippen molar-refractivity contribution in [3.63, 3.8) is 0 Å². The second kappa shape index (κ2) is 4.93. The smallest absolute Gasteiger partial charge is 0.432 e. The lowest BCUT2D eigenvalue weighted by atomic mass is 10.4. The van der Waals surface area contributed by atoms with E-state index in [-0.39, 0.29) is 0 Å². The van der Waals surface area contributed by atoms with Gasteiger partial charge in [0.25, 0.3) is 0 Å². The molecule has 1 aliphatic rings. The van der Waals surface area contributed by atoms with Crippen LogP contribution in [-0.2, 0) is 4.74 Å². The van der Waals surface area contributed by atoms with Crippen molar-refractivity contribution < 1.29 is 9.53 Å². The van der Waals surface area contributed by atoms with E-state index in [1.807, 2.05) is 0 Å². The minimum atomic E-state index is -0.499. The molecule has 90 valence electrons. The summed E-state index contributed by atoms with van der Waals surface area (Å²) in [5.41, 5.74) is 0. The third-order valence-electron chi connectivity index (χ3n) is 2.17. The van der Waals surface area contributed by atoms with Gasteiger partial charge in [0.05, 0.1) is 18.7 Å². The summed E-state index contributed by atoms with van der Waals surface area (Å²) >= 11 is 9.38. The normalized spacial score (nSPS) is 14.9. The fourth-order valence-electron chi connectivity index (χ4n) is 1.45. The molecule has 7 heteroatoms. The molecule has 2 rings (SSSR count). The molecular formula is C10H9BrClN3O2. The van der Waals surface area contributed by atoms with Crippen molar-refractivity contribution in [2.45, 2.75) is 0 Å². The topological polar surface area (TPSA) is 45.7 Å². The predicted molar refractivity (Wildman–Crippen MR) is 67.8 cm³/mol. The molecular weight excluding hydrogens is 309 g/mol. The van der Waals surface area contributed by atoms with Gasteiger partial charge in [0.2, 0.25) is 0 Å². The summed E-state index contributed by atoms with van der Waals surface area (Å²) in [5, 5.41) is 3.41. The first-order chi connectivity index (χ1) is 8.13. The minimum Gasteiger partial charge on any atom is -0.451 e. The highest BCUT2D eigenvalue weighted by Gasteiger charge is 2.29. The number of rotatable bonds is 1. The maximum absolute atomic E-state index is 11.6. The zero-order valence-electron chi connectivity index (χ0n) is 8.93. The number of pyridine rings is 1. The van der Waals surface area contributed by atoms with Crippen LogP contribution in [-0.4, -0.2) is 29.7 Å². The zero-order valence-corrected chi connectivity index (χ0v) is 11.3. The molecule has 0 radical (unpaired) electrons. The van der Waals surface area contributed by atoms with Crippen molar-refractivity contribution in [1.29, 1.82) is 0 Å². The van der Waals surface area contributed by atoms with Gasteiger partial charge < -0.3 is 4.74 Å². The number of hydrogen-bond acceptors (Lipinski definition) is 4. The Hall–Kier alpha value is -1.27. The minimum absolute atomic E-state index is 0.469. The molecule has 0 spiro atoms. The van der Waals surface area contributed by atoms with Gasteiger partial charge in [-0.2, -0.15) is 5.01 Å². The number of carbonyl (C=O) groups excluding carboxylic acids is 1. The van der Waals surface area contributed by atoms with Crippen LogP contribution in [0.4, 0.5) is 10.6 Å². The van der Waals surface area contributed by atoms with Crippen LogP contribution in [0.3, 0.4) is 0 Å². The largest absolute Gasteiger partial charge is 0.451 e. The van der Waals surface area contributed by atoms with Gasteiger partial charge in [-0.15, -0.1) is 0 Å². The number of nitrogens with zero attached hydrogens (tertiary/aromatic N) is 3. The standard InChI is InChI=1S/C10H9BrClN3O2/c1-17-10(16)15-6-7(11)5-14(15)9-8(12)3-2-4-13-9/h2-4,6H,5H2,1H3. The first-order valence-electron chi connectivity index (χ1n) is 4.75. The summed E-state index contributed by atoms with van der Waals surface area (Å²) in [6.45, 7) is 0.478. The summed E-state index contributed by atoms with van der Waals surface area (Å²) in [5.74, 6) is 0.505. The highest BCUT2D eigenvalue weighted by molar-refractivity contribution is 9.11. The summed E-state index contributed by atoms with van der Waals surface area (Å²) < 4.78 is 5.52.